The Labute approximate surface area is 94.0 Å². The van der Waals surface area contributed by atoms with Crippen molar-refractivity contribution in [2.24, 2.45) is 11.1 Å². The van der Waals surface area contributed by atoms with Crippen LogP contribution >= 0.6 is 0 Å². The highest BCUT2D eigenvalue weighted by molar-refractivity contribution is 5.84. The first-order chi connectivity index (χ1) is 7.49. The van der Waals surface area contributed by atoms with Gasteiger partial charge in [0.2, 0.25) is 5.91 Å². The van der Waals surface area contributed by atoms with Crippen LogP contribution in [-0.4, -0.2) is 36.4 Å². The Morgan fingerprint density at radius 1 is 1.19 bits per heavy atom. The molecule has 0 aromatic heterocycles. The molecule has 2 aliphatic rings. The first-order valence-electron chi connectivity index (χ1n) is 5.86. The Morgan fingerprint density at radius 2 is 1.75 bits per heavy atom. The quantitative estimate of drug-likeness (QED) is 0.781. The summed E-state index contributed by atoms with van der Waals surface area (Å²) in [6.45, 7) is 0.694. The van der Waals surface area contributed by atoms with Gasteiger partial charge in [0.25, 0.3) is 5.92 Å². The number of carbonyl (C=O) groups excluding carboxylic acids is 1. The summed E-state index contributed by atoms with van der Waals surface area (Å²) in [6, 6.07) is 0. The fourth-order valence-electron chi connectivity index (χ4n) is 2.48. The van der Waals surface area contributed by atoms with E-state index in [0.29, 0.717) is 6.54 Å². The summed E-state index contributed by atoms with van der Waals surface area (Å²) in [5.74, 6) is -2.59. The number of rotatable bonds is 2. The Bertz CT molecular complexity index is 274. The van der Waals surface area contributed by atoms with Gasteiger partial charge in [0, 0.05) is 32.5 Å². The van der Waals surface area contributed by atoms with Gasteiger partial charge >= 0.3 is 0 Å². The van der Waals surface area contributed by atoms with Crippen molar-refractivity contribution in [3.05, 3.63) is 0 Å². The number of alkyl halides is 2. The monoisotopic (exact) mass is 232 g/mol. The molecular weight excluding hydrogens is 214 g/mol. The number of amides is 1. The van der Waals surface area contributed by atoms with Crippen LogP contribution in [0, 0.1) is 5.41 Å². The summed E-state index contributed by atoms with van der Waals surface area (Å²) >= 11 is 0. The molecule has 92 valence electrons. The standard InChI is InChI=1S/C11H18F2N2O/c12-11(13)4-6-15(7-5-11)9(16)10(8-14)2-1-3-10/h1-8,14H2. The fourth-order valence-corrected chi connectivity index (χ4v) is 2.48. The van der Waals surface area contributed by atoms with Gasteiger partial charge in [-0.25, -0.2) is 8.78 Å². The number of nitrogens with two attached hydrogens (primary N) is 1. The molecule has 0 aromatic carbocycles. The molecule has 1 aliphatic carbocycles. The average Bonchev–Trinajstić information content (AvgIpc) is 2.16. The van der Waals surface area contributed by atoms with Crippen LogP contribution in [0.3, 0.4) is 0 Å². The molecule has 2 rings (SSSR count). The van der Waals surface area contributed by atoms with Gasteiger partial charge in [-0.1, -0.05) is 6.42 Å². The maximum absolute atomic E-state index is 13.0. The Balaban J connectivity index is 1.96. The van der Waals surface area contributed by atoms with Crippen molar-refractivity contribution in [3.8, 4) is 0 Å². The second-order valence-corrected chi connectivity index (χ2v) is 4.99. The lowest BCUT2D eigenvalue weighted by atomic mass is 9.67. The molecule has 1 aliphatic heterocycles. The molecule has 0 spiro atoms. The zero-order chi connectivity index (χ0) is 11.8. The number of hydrogen-bond acceptors (Lipinski definition) is 2. The van der Waals surface area contributed by atoms with Crippen molar-refractivity contribution in [1.29, 1.82) is 0 Å². The second kappa shape index (κ2) is 3.95. The van der Waals surface area contributed by atoms with E-state index in [1.54, 1.807) is 4.90 Å². The summed E-state index contributed by atoms with van der Waals surface area (Å²) in [6.07, 6.45) is 2.23. The van der Waals surface area contributed by atoms with Gasteiger partial charge in [-0.05, 0) is 12.8 Å². The molecule has 2 N–H and O–H groups in total. The van der Waals surface area contributed by atoms with E-state index in [2.05, 4.69) is 0 Å². The Kier molecular flexibility index (Phi) is 2.90. The Hall–Kier alpha value is -0.710. The molecule has 0 aromatic rings. The molecule has 1 saturated carbocycles. The summed E-state index contributed by atoms with van der Waals surface area (Å²) in [5, 5.41) is 0. The van der Waals surface area contributed by atoms with E-state index in [-0.39, 0.29) is 31.8 Å². The Morgan fingerprint density at radius 3 is 2.12 bits per heavy atom. The third-order valence-electron chi connectivity index (χ3n) is 3.94. The summed E-state index contributed by atoms with van der Waals surface area (Å²) in [4.78, 5) is 13.7. The zero-order valence-electron chi connectivity index (χ0n) is 9.35. The number of halogens is 2. The van der Waals surface area contributed by atoms with Gasteiger partial charge < -0.3 is 10.6 Å². The molecule has 1 amide bonds. The SMILES string of the molecule is NCC1(C(=O)N2CCC(F)(F)CC2)CCC1. The number of hydrogen-bond donors (Lipinski definition) is 1. The van der Waals surface area contributed by atoms with E-state index in [4.69, 9.17) is 5.73 Å². The van der Waals surface area contributed by atoms with Gasteiger partial charge in [0.15, 0.2) is 0 Å². The minimum atomic E-state index is -2.59. The van der Waals surface area contributed by atoms with E-state index in [1.807, 2.05) is 0 Å². The van der Waals surface area contributed by atoms with Crippen molar-refractivity contribution < 1.29 is 13.6 Å². The molecule has 3 nitrogen and oxygen atoms in total. The van der Waals surface area contributed by atoms with Crippen LogP contribution < -0.4 is 5.73 Å². The van der Waals surface area contributed by atoms with Gasteiger partial charge in [0.1, 0.15) is 0 Å². The van der Waals surface area contributed by atoms with Crippen LogP contribution in [0.25, 0.3) is 0 Å². The summed E-state index contributed by atoms with van der Waals surface area (Å²) < 4.78 is 25.9. The molecule has 2 fully saturated rings. The van der Waals surface area contributed by atoms with E-state index in [9.17, 15) is 13.6 Å². The highest BCUT2D eigenvalue weighted by Gasteiger charge is 2.47. The summed E-state index contributed by atoms with van der Waals surface area (Å²) in [7, 11) is 0. The average molecular weight is 232 g/mol. The van der Waals surface area contributed by atoms with Crippen LogP contribution in [0.4, 0.5) is 8.78 Å². The lowest BCUT2D eigenvalue weighted by molar-refractivity contribution is -0.152. The second-order valence-electron chi connectivity index (χ2n) is 4.99. The molecule has 0 atom stereocenters. The molecular formula is C11H18F2N2O. The lowest BCUT2D eigenvalue weighted by Crippen LogP contribution is -2.54. The van der Waals surface area contributed by atoms with E-state index >= 15 is 0 Å². The normalized spacial score (nSPS) is 27.3. The highest BCUT2D eigenvalue weighted by atomic mass is 19.3. The molecule has 1 heterocycles. The number of likely N-dealkylation sites (tertiary alicyclic amines) is 1. The van der Waals surface area contributed by atoms with Gasteiger partial charge in [-0.2, -0.15) is 0 Å². The highest BCUT2D eigenvalue weighted by Crippen LogP contribution is 2.42. The van der Waals surface area contributed by atoms with Crippen LogP contribution in [-0.2, 0) is 4.79 Å². The van der Waals surface area contributed by atoms with E-state index in [1.165, 1.54) is 0 Å². The zero-order valence-corrected chi connectivity index (χ0v) is 9.35. The fraction of sp³-hybridized carbons (Fsp3) is 0.909. The van der Waals surface area contributed by atoms with Gasteiger partial charge in [-0.3, -0.25) is 4.79 Å². The first kappa shape index (κ1) is 11.8. The number of nitrogens with zero attached hydrogens (tertiary/aromatic N) is 1. The van der Waals surface area contributed by atoms with E-state index < -0.39 is 11.3 Å². The molecule has 0 bridgehead atoms. The van der Waals surface area contributed by atoms with Crippen molar-refractivity contribution in [3.63, 3.8) is 0 Å². The first-order valence-corrected chi connectivity index (χ1v) is 5.86. The maximum Gasteiger partial charge on any atom is 0.251 e. The number of piperidine rings is 1. The summed E-state index contributed by atoms with van der Waals surface area (Å²) in [5.41, 5.74) is 5.21. The third kappa shape index (κ3) is 1.93. The largest absolute Gasteiger partial charge is 0.342 e. The molecule has 1 saturated heterocycles. The molecule has 5 heteroatoms. The van der Waals surface area contributed by atoms with Crippen LogP contribution in [0.1, 0.15) is 32.1 Å². The van der Waals surface area contributed by atoms with Gasteiger partial charge in [-0.15, -0.1) is 0 Å². The van der Waals surface area contributed by atoms with Crippen molar-refractivity contribution >= 4 is 5.91 Å². The van der Waals surface area contributed by atoms with E-state index in [0.717, 1.165) is 19.3 Å². The molecule has 0 radical (unpaired) electrons. The number of carbonyl (C=O) groups is 1. The van der Waals surface area contributed by atoms with Crippen molar-refractivity contribution in [2.45, 2.75) is 38.0 Å². The minimum Gasteiger partial charge on any atom is -0.342 e. The third-order valence-corrected chi connectivity index (χ3v) is 3.94. The molecule has 16 heavy (non-hydrogen) atoms. The predicted octanol–water partition coefficient (Wildman–Crippen LogP) is 1.37. The topological polar surface area (TPSA) is 46.3 Å². The van der Waals surface area contributed by atoms with Crippen molar-refractivity contribution in [2.75, 3.05) is 19.6 Å². The minimum absolute atomic E-state index is 0.00301. The van der Waals surface area contributed by atoms with Crippen molar-refractivity contribution in [1.82, 2.24) is 4.90 Å². The smallest absolute Gasteiger partial charge is 0.251 e. The molecule has 0 unspecified atom stereocenters. The van der Waals surface area contributed by atoms with Crippen LogP contribution in [0.15, 0.2) is 0 Å². The lowest BCUT2D eigenvalue weighted by Gasteiger charge is -2.44. The van der Waals surface area contributed by atoms with Crippen LogP contribution in [0.2, 0.25) is 0 Å². The maximum atomic E-state index is 13.0. The van der Waals surface area contributed by atoms with Gasteiger partial charge in [0.05, 0.1) is 5.41 Å². The van der Waals surface area contributed by atoms with Crippen LogP contribution in [0.5, 0.6) is 0 Å². The predicted molar refractivity (Wildman–Crippen MR) is 56.1 cm³/mol.